The second-order valence-corrected chi connectivity index (χ2v) is 9.74. The van der Waals surface area contributed by atoms with Gasteiger partial charge in [-0.1, -0.05) is 48.0 Å². The van der Waals surface area contributed by atoms with Crippen molar-refractivity contribution in [1.29, 1.82) is 0 Å². The number of aryl methyl sites for hydroxylation is 1. The Bertz CT molecular complexity index is 1350. The highest BCUT2D eigenvalue weighted by Gasteiger charge is 2.21. The van der Waals surface area contributed by atoms with Gasteiger partial charge >= 0.3 is 0 Å². The van der Waals surface area contributed by atoms with Crippen LogP contribution in [0.1, 0.15) is 42.4 Å². The van der Waals surface area contributed by atoms with Gasteiger partial charge in [0.2, 0.25) is 17.8 Å². The molecule has 4 aromatic rings. The van der Waals surface area contributed by atoms with E-state index in [4.69, 9.17) is 15.0 Å². The maximum absolute atomic E-state index is 4.79. The van der Waals surface area contributed by atoms with Gasteiger partial charge in [-0.2, -0.15) is 20.1 Å². The zero-order valence-electron chi connectivity index (χ0n) is 20.8. The summed E-state index contributed by atoms with van der Waals surface area (Å²) in [5, 5.41) is 5.72. The summed E-state index contributed by atoms with van der Waals surface area (Å²) >= 11 is 0. The molecule has 2 fully saturated rings. The van der Waals surface area contributed by atoms with Crippen LogP contribution in [-0.4, -0.2) is 51.9 Å². The highest BCUT2D eigenvalue weighted by Crippen LogP contribution is 2.24. The molecule has 0 atom stereocenters. The van der Waals surface area contributed by atoms with Crippen molar-refractivity contribution in [2.75, 3.05) is 41.4 Å². The van der Waals surface area contributed by atoms with E-state index in [1.807, 2.05) is 6.21 Å². The Hall–Kier alpha value is -3.94. The number of nitrogens with one attached hydrogen (secondary N) is 1. The molecule has 2 aromatic carbocycles. The molecule has 0 unspecified atom stereocenters. The molecule has 6 rings (SSSR count). The molecule has 1 N–H and O–H groups in total. The normalized spacial score (nSPS) is 16.0. The average Bonchev–Trinajstić information content (AvgIpc) is 3.67. The Kier molecular flexibility index (Phi) is 6.24. The van der Waals surface area contributed by atoms with Gasteiger partial charge in [0.05, 0.1) is 6.21 Å². The fourth-order valence-electron chi connectivity index (χ4n) is 5.20. The second kappa shape index (κ2) is 9.97. The second-order valence-electron chi connectivity index (χ2n) is 9.74. The Morgan fingerprint density at radius 3 is 2.25 bits per heavy atom. The smallest absolute Gasteiger partial charge is 0.250 e. The molecule has 36 heavy (non-hydrogen) atoms. The first-order valence-electron chi connectivity index (χ1n) is 12.9. The van der Waals surface area contributed by atoms with Crippen molar-refractivity contribution in [3.63, 3.8) is 0 Å². The predicted octanol–water partition coefficient (Wildman–Crippen LogP) is 4.83. The van der Waals surface area contributed by atoms with E-state index in [-0.39, 0.29) is 0 Å². The summed E-state index contributed by atoms with van der Waals surface area (Å²) in [4.78, 5) is 18.7. The minimum atomic E-state index is 0.494. The number of fused-ring (bicyclic) bond motifs is 1. The summed E-state index contributed by atoms with van der Waals surface area (Å²) in [6.45, 7) is 6.92. The topological polar surface area (TPSA) is 74.5 Å². The molecule has 0 saturated carbocycles. The summed E-state index contributed by atoms with van der Waals surface area (Å²) in [6.07, 6.45) is 8.74. The predicted molar refractivity (Wildman–Crippen MR) is 146 cm³/mol. The lowest BCUT2D eigenvalue weighted by atomic mass is 10.1. The number of rotatable bonds is 7. The van der Waals surface area contributed by atoms with Crippen LogP contribution in [0.3, 0.4) is 0 Å². The third-order valence-corrected chi connectivity index (χ3v) is 7.01. The molecule has 2 saturated heterocycles. The lowest BCUT2D eigenvalue weighted by Gasteiger charge is -2.20. The fraction of sp³-hybridized carbons (Fsp3) is 0.357. The van der Waals surface area contributed by atoms with E-state index in [1.54, 1.807) is 0 Å². The number of anilines is 3. The molecule has 8 nitrogen and oxygen atoms in total. The van der Waals surface area contributed by atoms with Gasteiger partial charge in [0.15, 0.2) is 0 Å². The Morgan fingerprint density at radius 1 is 0.861 bits per heavy atom. The van der Waals surface area contributed by atoms with Crippen LogP contribution in [0.25, 0.3) is 10.9 Å². The first-order chi connectivity index (χ1) is 17.7. The van der Waals surface area contributed by atoms with Crippen LogP contribution in [-0.2, 0) is 6.54 Å². The van der Waals surface area contributed by atoms with Gasteiger partial charge in [-0.3, -0.25) is 0 Å². The monoisotopic (exact) mass is 480 g/mol. The average molecular weight is 481 g/mol. The molecule has 2 aromatic heterocycles. The van der Waals surface area contributed by atoms with Crippen LogP contribution >= 0.6 is 0 Å². The molecule has 0 amide bonds. The fourth-order valence-corrected chi connectivity index (χ4v) is 5.20. The number of benzene rings is 2. The minimum Gasteiger partial charge on any atom is -0.342 e. The summed E-state index contributed by atoms with van der Waals surface area (Å²) in [5.74, 6) is 1.99. The number of hydrogen-bond acceptors (Lipinski definition) is 7. The molecule has 0 radical (unpaired) electrons. The summed E-state index contributed by atoms with van der Waals surface area (Å²) < 4.78 is 2.28. The number of aromatic nitrogens is 4. The zero-order valence-corrected chi connectivity index (χ0v) is 20.8. The summed E-state index contributed by atoms with van der Waals surface area (Å²) in [6, 6.07) is 17.1. The van der Waals surface area contributed by atoms with Crippen LogP contribution in [0, 0.1) is 6.92 Å². The molecular weight excluding hydrogens is 448 g/mol. The van der Waals surface area contributed by atoms with Crippen molar-refractivity contribution < 1.29 is 0 Å². The molecule has 0 bridgehead atoms. The Labute approximate surface area is 211 Å². The van der Waals surface area contributed by atoms with Gasteiger partial charge in [0.25, 0.3) is 0 Å². The van der Waals surface area contributed by atoms with Crippen molar-refractivity contribution in [3.8, 4) is 0 Å². The van der Waals surface area contributed by atoms with Crippen molar-refractivity contribution in [2.45, 2.75) is 39.2 Å². The van der Waals surface area contributed by atoms with Crippen molar-refractivity contribution in [2.24, 2.45) is 5.10 Å². The van der Waals surface area contributed by atoms with Crippen molar-refractivity contribution in [3.05, 3.63) is 71.4 Å². The van der Waals surface area contributed by atoms with Crippen LogP contribution in [0.2, 0.25) is 0 Å². The first-order valence-corrected chi connectivity index (χ1v) is 12.9. The lowest BCUT2D eigenvalue weighted by Crippen LogP contribution is -2.25. The maximum atomic E-state index is 4.79. The number of hydrazone groups is 1. The molecule has 184 valence electrons. The quantitative estimate of drug-likeness (QED) is 0.302. The van der Waals surface area contributed by atoms with Gasteiger partial charge in [0, 0.05) is 55.4 Å². The largest absolute Gasteiger partial charge is 0.342 e. The van der Waals surface area contributed by atoms with Gasteiger partial charge in [-0.15, -0.1) is 0 Å². The van der Waals surface area contributed by atoms with Gasteiger partial charge in [0.1, 0.15) is 0 Å². The van der Waals surface area contributed by atoms with E-state index in [0.29, 0.717) is 5.95 Å². The van der Waals surface area contributed by atoms with Gasteiger partial charge in [-0.05, 0) is 44.2 Å². The highest BCUT2D eigenvalue weighted by molar-refractivity contribution is 5.99. The molecule has 2 aliphatic heterocycles. The van der Waals surface area contributed by atoms with Crippen LogP contribution in [0.4, 0.5) is 17.8 Å². The van der Waals surface area contributed by atoms with Crippen molar-refractivity contribution in [1.82, 2.24) is 19.5 Å². The third-order valence-electron chi connectivity index (χ3n) is 7.01. The Balaban J connectivity index is 1.26. The molecule has 8 heteroatoms. The highest BCUT2D eigenvalue weighted by atomic mass is 15.4. The maximum Gasteiger partial charge on any atom is 0.250 e. The molecule has 4 heterocycles. The van der Waals surface area contributed by atoms with E-state index < -0.39 is 0 Å². The van der Waals surface area contributed by atoms with E-state index in [1.165, 1.54) is 47.7 Å². The zero-order chi connectivity index (χ0) is 24.3. The van der Waals surface area contributed by atoms with Gasteiger partial charge < -0.3 is 14.4 Å². The number of hydrogen-bond donors (Lipinski definition) is 1. The van der Waals surface area contributed by atoms with Crippen molar-refractivity contribution >= 4 is 35.0 Å². The Morgan fingerprint density at radius 2 is 1.56 bits per heavy atom. The van der Waals surface area contributed by atoms with Crippen LogP contribution < -0.4 is 15.2 Å². The minimum absolute atomic E-state index is 0.494. The molecule has 0 spiro atoms. The standard InChI is InChI=1S/C28H32N8/c1-21-9-8-10-22(17-21)19-36-20-23(24-11-2-3-12-25(24)36)18-29-33-26-30-27(34-13-4-5-14-34)32-28(31-26)35-15-6-7-16-35/h2-3,8-12,17-18,20H,4-7,13-16,19H2,1H3,(H,30,31,32,33). The summed E-state index contributed by atoms with van der Waals surface area (Å²) in [5.41, 5.74) is 7.90. The first kappa shape index (κ1) is 22.5. The number of para-hydroxylation sites is 1. The van der Waals surface area contributed by atoms with Crippen LogP contribution in [0.15, 0.2) is 59.8 Å². The van der Waals surface area contributed by atoms with E-state index in [0.717, 1.165) is 50.2 Å². The summed E-state index contributed by atoms with van der Waals surface area (Å²) in [7, 11) is 0. The van der Waals surface area contributed by atoms with Gasteiger partial charge in [-0.25, -0.2) is 5.43 Å². The third kappa shape index (κ3) is 4.76. The van der Waals surface area contributed by atoms with E-state index in [2.05, 4.69) is 86.5 Å². The lowest BCUT2D eigenvalue weighted by molar-refractivity contribution is 0.835. The number of nitrogens with zero attached hydrogens (tertiary/aromatic N) is 7. The van der Waals surface area contributed by atoms with E-state index >= 15 is 0 Å². The molecule has 2 aliphatic rings. The van der Waals surface area contributed by atoms with E-state index in [9.17, 15) is 0 Å². The molecular formula is C28H32N8. The SMILES string of the molecule is Cc1cccc(Cn2cc(C=NNc3nc(N4CCCC4)nc(N4CCCC4)n3)c3ccccc32)c1. The molecule has 0 aliphatic carbocycles. The van der Waals surface area contributed by atoms with Crippen LogP contribution in [0.5, 0.6) is 0 Å².